The molecule has 0 spiro atoms. The van der Waals surface area contributed by atoms with Crippen molar-refractivity contribution in [2.75, 3.05) is 27.8 Å². The Balaban J connectivity index is 0.000000924. The lowest BCUT2D eigenvalue weighted by atomic mass is 9.66. The van der Waals surface area contributed by atoms with Crippen LogP contribution in [0.15, 0.2) is 12.1 Å². The minimum Gasteiger partial charge on any atom is -0.493 e. The van der Waals surface area contributed by atoms with E-state index in [0.717, 1.165) is 11.5 Å². The number of rotatable bonds is 3. The minimum atomic E-state index is 0.317. The van der Waals surface area contributed by atoms with Crippen LogP contribution < -0.4 is 9.47 Å². The van der Waals surface area contributed by atoms with Crippen LogP contribution in [0.3, 0.4) is 0 Å². The molecule has 3 heteroatoms. The molecule has 1 aromatic rings. The lowest BCUT2D eigenvalue weighted by molar-refractivity contribution is 0.181. The van der Waals surface area contributed by atoms with Crippen LogP contribution in [0.2, 0.25) is 0 Å². The summed E-state index contributed by atoms with van der Waals surface area (Å²) in [6.07, 6.45) is 6.60. The molecule has 1 aliphatic heterocycles. The minimum absolute atomic E-state index is 0.317. The summed E-state index contributed by atoms with van der Waals surface area (Å²) in [7, 11) is 5.73. The van der Waals surface area contributed by atoms with Gasteiger partial charge in [-0.1, -0.05) is 32.8 Å². The number of benzene rings is 1. The summed E-state index contributed by atoms with van der Waals surface area (Å²) in [5.41, 5.74) is 2.95. The Morgan fingerprint density at radius 2 is 1.83 bits per heavy atom. The average molecular weight is 319 g/mol. The highest BCUT2D eigenvalue weighted by Crippen LogP contribution is 2.50. The number of hydrogen-bond donors (Lipinski definition) is 0. The highest BCUT2D eigenvalue weighted by molar-refractivity contribution is 5.51. The summed E-state index contributed by atoms with van der Waals surface area (Å²) in [5.74, 6) is 1.75. The predicted molar refractivity (Wildman–Crippen MR) is 96.8 cm³/mol. The fraction of sp³-hybridized carbons (Fsp3) is 0.700. The van der Waals surface area contributed by atoms with Crippen molar-refractivity contribution in [2.24, 2.45) is 0 Å². The van der Waals surface area contributed by atoms with Crippen LogP contribution in [-0.4, -0.2) is 38.8 Å². The Bertz CT molecular complexity index is 525. The first kappa shape index (κ1) is 18.1. The van der Waals surface area contributed by atoms with E-state index in [2.05, 4.69) is 31.0 Å². The Kier molecular flexibility index (Phi) is 5.96. The molecule has 130 valence electrons. The van der Waals surface area contributed by atoms with Crippen LogP contribution in [-0.2, 0) is 5.41 Å². The summed E-state index contributed by atoms with van der Waals surface area (Å²) >= 11 is 0. The molecule has 3 nitrogen and oxygen atoms in total. The van der Waals surface area contributed by atoms with Gasteiger partial charge in [0.25, 0.3) is 0 Å². The van der Waals surface area contributed by atoms with E-state index in [0.29, 0.717) is 11.5 Å². The van der Waals surface area contributed by atoms with Crippen molar-refractivity contribution in [2.45, 2.75) is 64.3 Å². The van der Waals surface area contributed by atoms with Gasteiger partial charge < -0.3 is 14.4 Å². The van der Waals surface area contributed by atoms with E-state index in [1.165, 1.54) is 49.8 Å². The van der Waals surface area contributed by atoms with Gasteiger partial charge in [-0.3, -0.25) is 0 Å². The predicted octanol–water partition coefficient (Wildman–Crippen LogP) is 4.55. The van der Waals surface area contributed by atoms with Crippen molar-refractivity contribution in [3.63, 3.8) is 0 Å². The van der Waals surface area contributed by atoms with Crippen molar-refractivity contribution >= 4 is 0 Å². The SMILES string of the molecule is CC.COc1cc([C@@]23CCCC[C@@H]2N(C)CC3)cc(C)c1OC. The molecule has 2 fully saturated rings. The van der Waals surface area contributed by atoms with Gasteiger partial charge in [0.15, 0.2) is 11.5 Å². The zero-order valence-electron chi connectivity index (χ0n) is 15.7. The Labute approximate surface area is 142 Å². The molecule has 1 saturated heterocycles. The molecule has 23 heavy (non-hydrogen) atoms. The number of likely N-dealkylation sites (tertiary alicyclic amines) is 1. The lowest BCUT2D eigenvalue weighted by Gasteiger charge is -2.42. The molecule has 0 radical (unpaired) electrons. The summed E-state index contributed by atoms with van der Waals surface area (Å²) in [5, 5.41) is 0. The maximum absolute atomic E-state index is 5.58. The van der Waals surface area contributed by atoms with Crippen molar-refractivity contribution in [1.29, 1.82) is 0 Å². The molecule has 0 aromatic heterocycles. The van der Waals surface area contributed by atoms with Crippen molar-refractivity contribution in [3.05, 3.63) is 23.3 Å². The quantitative estimate of drug-likeness (QED) is 0.815. The van der Waals surface area contributed by atoms with E-state index < -0.39 is 0 Å². The van der Waals surface area contributed by atoms with Gasteiger partial charge in [0.2, 0.25) is 0 Å². The van der Waals surface area contributed by atoms with Gasteiger partial charge in [-0.2, -0.15) is 0 Å². The smallest absolute Gasteiger partial charge is 0.163 e. The molecular weight excluding hydrogens is 286 g/mol. The molecule has 3 rings (SSSR count). The van der Waals surface area contributed by atoms with Crippen LogP contribution in [0.25, 0.3) is 0 Å². The van der Waals surface area contributed by atoms with Gasteiger partial charge in [-0.05, 0) is 57.0 Å². The third-order valence-electron chi connectivity index (χ3n) is 5.67. The number of hydrogen-bond acceptors (Lipinski definition) is 3. The lowest BCUT2D eigenvalue weighted by Crippen LogP contribution is -2.43. The van der Waals surface area contributed by atoms with Crippen LogP contribution in [0, 0.1) is 6.92 Å². The average Bonchev–Trinajstić information content (AvgIpc) is 2.94. The maximum Gasteiger partial charge on any atom is 0.163 e. The second kappa shape index (κ2) is 7.57. The van der Waals surface area contributed by atoms with E-state index in [1.54, 1.807) is 14.2 Å². The molecule has 1 saturated carbocycles. The van der Waals surface area contributed by atoms with E-state index in [4.69, 9.17) is 9.47 Å². The molecule has 1 heterocycles. The van der Waals surface area contributed by atoms with Gasteiger partial charge in [0.1, 0.15) is 0 Å². The summed E-state index contributed by atoms with van der Waals surface area (Å²) < 4.78 is 11.1. The number of aryl methyl sites for hydroxylation is 1. The molecule has 0 unspecified atom stereocenters. The van der Waals surface area contributed by atoms with E-state index in [1.807, 2.05) is 13.8 Å². The van der Waals surface area contributed by atoms with Crippen LogP contribution >= 0.6 is 0 Å². The highest BCUT2D eigenvalue weighted by atomic mass is 16.5. The molecule has 2 atom stereocenters. The van der Waals surface area contributed by atoms with E-state index >= 15 is 0 Å². The molecule has 1 aromatic carbocycles. The van der Waals surface area contributed by atoms with Crippen molar-refractivity contribution in [1.82, 2.24) is 4.90 Å². The Morgan fingerprint density at radius 1 is 1.09 bits per heavy atom. The van der Waals surface area contributed by atoms with Gasteiger partial charge in [0, 0.05) is 11.5 Å². The molecule has 2 aliphatic rings. The summed E-state index contributed by atoms with van der Waals surface area (Å²) in [6, 6.07) is 5.24. The van der Waals surface area contributed by atoms with E-state index in [9.17, 15) is 0 Å². The fourth-order valence-corrected chi connectivity index (χ4v) is 4.61. The van der Waals surface area contributed by atoms with E-state index in [-0.39, 0.29) is 0 Å². The largest absolute Gasteiger partial charge is 0.493 e. The zero-order chi connectivity index (χ0) is 17.0. The first-order valence-electron chi connectivity index (χ1n) is 9.06. The zero-order valence-corrected chi connectivity index (χ0v) is 15.7. The third kappa shape index (κ3) is 3.08. The van der Waals surface area contributed by atoms with Crippen molar-refractivity contribution < 1.29 is 9.47 Å². The van der Waals surface area contributed by atoms with Gasteiger partial charge in [0.05, 0.1) is 14.2 Å². The van der Waals surface area contributed by atoms with Gasteiger partial charge >= 0.3 is 0 Å². The second-order valence-corrected chi connectivity index (χ2v) is 6.68. The first-order valence-corrected chi connectivity index (χ1v) is 9.06. The molecule has 0 amide bonds. The third-order valence-corrected chi connectivity index (χ3v) is 5.67. The molecule has 0 N–H and O–H groups in total. The number of likely N-dealkylation sites (N-methyl/N-ethyl adjacent to an activating group) is 1. The molecule has 1 aliphatic carbocycles. The first-order chi connectivity index (χ1) is 11.1. The molecular formula is C20H33NO2. The molecule has 0 bridgehead atoms. The van der Waals surface area contributed by atoms with Crippen molar-refractivity contribution in [3.8, 4) is 11.5 Å². The highest BCUT2D eigenvalue weighted by Gasteiger charge is 2.48. The maximum atomic E-state index is 5.58. The fourth-order valence-electron chi connectivity index (χ4n) is 4.61. The number of nitrogens with zero attached hydrogens (tertiary/aromatic N) is 1. The monoisotopic (exact) mass is 319 g/mol. The van der Waals surface area contributed by atoms with Gasteiger partial charge in [-0.25, -0.2) is 0 Å². The number of methoxy groups -OCH3 is 2. The summed E-state index contributed by atoms with van der Waals surface area (Å²) in [4.78, 5) is 2.56. The second-order valence-electron chi connectivity index (χ2n) is 6.68. The van der Waals surface area contributed by atoms with Crippen LogP contribution in [0.4, 0.5) is 0 Å². The summed E-state index contributed by atoms with van der Waals surface area (Å²) in [6.45, 7) is 7.33. The Morgan fingerprint density at radius 3 is 2.48 bits per heavy atom. The normalized spacial score (nSPS) is 27.0. The van der Waals surface area contributed by atoms with Crippen LogP contribution in [0.1, 0.15) is 57.1 Å². The van der Waals surface area contributed by atoms with Gasteiger partial charge in [-0.15, -0.1) is 0 Å². The van der Waals surface area contributed by atoms with Crippen LogP contribution in [0.5, 0.6) is 11.5 Å². The topological polar surface area (TPSA) is 21.7 Å². The number of ether oxygens (including phenoxy) is 2. The Hall–Kier alpha value is -1.22. The number of fused-ring (bicyclic) bond motifs is 1. The standard InChI is InChI=1S/C18H27NO2.C2H6/c1-13-11-14(12-15(20-3)17(13)21-4)18-8-6-5-7-16(18)19(2)10-9-18;1-2/h11-12,16H,5-10H2,1-4H3;1-2H3/t16-,18-;/m0./s1.